The maximum absolute atomic E-state index is 13.0. The molecule has 3 saturated heterocycles. The van der Waals surface area contributed by atoms with Crippen molar-refractivity contribution < 1.29 is 9.53 Å². The number of nitrogens with zero attached hydrogens (tertiary/aromatic N) is 4. The van der Waals surface area contributed by atoms with E-state index in [2.05, 4.69) is 21.8 Å². The van der Waals surface area contributed by atoms with Crippen LogP contribution in [0.4, 0.5) is 4.79 Å². The quantitative estimate of drug-likeness (QED) is 0.830. The van der Waals surface area contributed by atoms with Gasteiger partial charge in [0.15, 0.2) is 0 Å². The van der Waals surface area contributed by atoms with E-state index < -0.39 is 0 Å². The Hall–Kier alpha value is -1.82. The molecule has 1 aromatic rings. The van der Waals surface area contributed by atoms with E-state index in [0.29, 0.717) is 18.0 Å². The highest BCUT2D eigenvalue weighted by Crippen LogP contribution is 2.37. The van der Waals surface area contributed by atoms with Gasteiger partial charge in [-0.1, -0.05) is 6.07 Å². The van der Waals surface area contributed by atoms with Gasteiger partial charge in [0.1, 0.15) is 6.10 Å². The van der Waals surface area contributed by atoms with Gasteiger partial charge in [-0.3, -0.25) is 0 Å². The number of piperazine rings is 1. The van der Waals surface area contributed by atoms with Crippen molar-refractivity contribution >= 4 is 6.03 Å². The second kappa shape index (κ2) is 6.59. The highest BCUT2D eigenvalue weighted by Gasteiger charge is 2.45. The summed E-state index contributed by atoms with van der Waals surface area (Å²) in [6.07, 6.45) is 5.99. The number of piperidine rings is 1. The molecular weight excluding hydrogens is 304 g/mol. The first-order valence-electron chi connectivity index (χ1n) is 9.04. The predicted octanol–water partition coefficient (Wildman–Crippen LogP) is 1.82. The first kappa shape index (κ1) is 15.7. The van der Waals surface area contributed by atoms with Crippen LogP contribution in [0.15, 0.2) is 24.4 Å². The molecule has 130 valence electrons. The number of likely N-dealkylation sites (N-methyl/N-ethyl adjacent to an activating group) is 1. The van der Waals surface area contributed by atoms with Crippen molar-refractivity contribution in [3.63, 3.8) is 0 Å². The summed E-state index contributed by atoms with van der Waals surface area (Å²) < 4.78 is 6.05. The number of aromatic nitrogens is 1. The van der Waals surface area contributed by atoms with Gasteiger partial charge < -0.3 is 19.4 Å². The molecule has 24 heavy (non-hydrogen) atoms. The molecule has 0 aromatic carbocycles. The van der Waals surface area contributed by atoms with E-state index in [9.17, 15) is 4.79 Å². The van der Waals surface area contributed by atoms with Gasteiger partial charge in [0.2, 0.25) is 5.88 Å². The fraction of sp³-hybridized carbons (Fsp3) is 0.667. The number of carbonyl (C=O) groups is 1. The summed E-state index contributed by atoms with van der Waals surface area (Å²) >= 11 is 0. The van der Waals surface area contributed by atoms with Crippen LogP contribution in [0, 0.1) is 0 Å². The third kappa shape index (κ3) is 3.07. The van der Waals surface area contributed by atoms with Gasteiger partial charge in [0, 0.05) is 63.4 Å². The molecule has 3 fully saturated rings. The second-order valence-electron chi connectivity index (χ2n) is 7.24. The van der Waals surface area contributed by atoms with Gasteiger partial charge in [-0.05, 0) is 26.0 Å². The lowest BCUT2D eigenvalue weighted by molar-refractivity contribution is 0.0466. The van der Waals surface area contributed by atoms with E-state index in [4.69, 9.17) is 4.74 Å². The lowest BCUT2D eigenvalue weighted by atomic mass is 10.00. The van der Waals surface area contributed by atoms with Crippen LogP contribution in [-0.4, -0.2) is 77.1 Å². The van der Waals surface area contributed by atoms with Gasteiger partial charge in [0.25, 0.3) is 0 Å². The molecule has 0 aliphatic carbocycles. The van der Waals surface area contributed by atoms with Crippen LogP contribution in [0.1, 0.15) is 25.7 Å². The smallest absolute Gasteiger partial charge is 0.320 e. The molecule has 2 unspecified atom stereocenters. The zero-order valence-electron chi connectivity index (χ0n) is 14.3. The van der Waals surface area contributed by atoms with Gasteiger partial charge in [-0.25, -0.2) is 9.78 Å². The lowest BCUT2D eigenvalue weighted by Gasteiger charge is -2.43. The Kier molecular flexibility index (Phi) is 4.31. The molecule has 3 aliphatic heterocycles. The zero-order valence-corrected chi connectivity index (χ0v) is 14.3. The number of urea groups is 1. The summed E-state index contributed by atoms with van der Waals surface area (Å²) in [5, 5.41) is 0. The highest BCUT2D eigenvalue weighted by molar-refractivity contribution is 5.76. The molecule has 0 saturated carbocycles. The van der Waals surface area contributed by atoms with E-state index in [0.717, 1.165) is 51.9 Å². The second-order valence-corrected chi connectivity index (χ2v) is 7.24. The largest absolute Gasteiger partial charge is 0.474 e. The monoisotopic (exact) mass is 330 g/mol. The maximum Gasteiger partial charge on any atom is 0.320 e. The Morgan fingerprint density at radius 2 is 1.83 bits per heavy atom. The Labute approximate surface area is 143 Å². The molecule has 0 radical (unpaired) electrons. The molecule has 6 nitrogen and oxygen atoms in total. The fourth-order valence-corrected chi connectivity index (χ4v) is 4.28. The summed E-state index contributed by atoms with van der Waals surface area (Å²) in [5.74, 6) is 0.695. The van der Waals surface area contributed by atoms with Crippen molar-refractivity contribution in [1.29, 1.82) is 0 Å². The Bertz CT molecular complexity index is 560. The molecule has 4 heterocycles. The van der Waals surface area contributed by atoms with E-state index >= 15 is 0 Å². The number of rotatable bonds is 2. The summed E-state index contributed by atoms with van der Waals surface area (Å²) in [5.41, 5.74) is 0. The van der Waals surface area contributed by atoms with Crippen LogP contribution in [0.3, 0.4) is 0 Å². The van der Waals surface area contributed by atoms with E-state index in [1.807, 2.05) is 23.1 Å². The number of ether oxygens (including phenoxy) is 1. The molecule has 2 bridgehead atoms. The third-order valence-electron chi connectivity index (χ3n) is 5.61. The van der Waals surface area contributed by atoms with E-state index in [-0.39, 0.29) is 12.1 Å². The first-order chi connectivity index (χ1) is 11.7. The number of hydrogen-bond acceptors (Lipinski definition) is 4. The molecule has 1 aromatic heterocycles. The average molecular weight is 330 g/mol. The van der Waals surface area contributed by atoms with Crippen LogP contribution < -0.4 is 4.74 Å². The van der Waals surface area contributed by atoms with Crippen molar-refractivity contribution in [2.24, 2.45) is 0 Å². The molecule has 3 aliphatic rings. The van der Waals surface area contributed by atoms with Gasteiger partial charge in [-0.15, -0.1) is 0 Å². The molecule has 0 spiro atoms. The summed E-state index contributed by atoms with van der Waals surface area (Å²) in [6.45, 7) is 3.64. The van der Waals surface area contributed by atoms with Crippen LogP contribution >= 0.6 is 0 Å². The van der Waals surface area contributed by atoms with Crippen molar-refractivity contribution in [2.75, 3.05) is 33.2 Å². The predicted molar refractivity (Wildman–Crippen MR) is 91.0 cm³/mol. The normalized spacial score (nSPS) is 30.5. The molecule has 0 N–H and O–H groups in total. The van der Waals surface area contributed by atoms with E-state index in [1.165, 1.54) is 0 Å². The standard InChI is InChI=1S/C18H26N4O2/c1-20-8-10-21(11-9-20)18(23)22-14-5-6-15(22)13-16(12-14)24-17-4-2-3-7-19-17/h2-4,7,14-16H,5-6,8-13H2,1H3. The van der Waals surface area contributed by atoms with Crippen molar-refractivity contribution in [2.45, 2.75) is 43.9 Å². The zero-order chi connectivity index (χ0) is 16.5. The van der Waals surface area contributed by atoms with Crippen molar-refractivity contribution in [3.05, 3.63) is 24.4 Å². The molecule has 2 atom stereocenters. The Morgan fingerprint density at radius 3 is 2.46 bits per heavy atom. The van der Waals surface area contributed by atoms with Gasteiger partial charge >= 0.3 is 6.03 Å². The number of amides is 2. The number of carbonyl (C=O) groups excluding carboxylic acids is 1. The number of hydrogen-bond donors (Lipinski definition) is 0. The minimum Gasteiger partial charge on any atom is -0.474 e. The molecule has 2 amide bonds. The lowest BCUT2D eigenvalue weighted by Crippen LogP contribution is -2.57. The van der Waals surface area contributed by atoms with Crippen LogP contribution in [0.2, 0.25) is 0 Å². The third-order valence-corrected chi connectivity index (χ3v) is 5.61. The molecule has 4 rings (SSSR count). The summed E-state index contributed by atoms with van der Waals surface area (Å²) in [6, 6.07) is 6.64. The fourth-order valence-electron chi connectivity index (χ4n) is 4.28. The Balaban J connectivity index is 1.39. The average Bonchev–Trinajstić information content (AvgIpc) is 2.87. The summed E-state index contributed by atoms with van der Waals surface area (Å²) in [4.78, 5) is 23.7. The SMILES string of the molecule is CN1CCN(C(=O)N2C3CCC2CC(Oc2ccccn2)C3)CC1. The van der Waals surface area contributed by atoms with Crippen molar-refractivity contribution in [1.82, 2.24) is 19.7 Å². The first-order valence-corrected chi connectivity index (χ1v) is 9.04. The topological polar surface area (TPSA) is 48.9 Å². The minimum absolute atomic E-state index is 0.175. The van der Waals surface area contributed by atoms with E-state index in [1.54, 1.807) is 6.20 Å². The molecule has 6 heteroatoms. The minimum atomic E-state index is 0.175. The van der Waals surface area contributed by atoms with Gasteiger partial charge in [0.05, 0.1) is 0 Å². The van der Waals surface area contributed by atoms with Crippen molar-refractivity contribution in [3.8, 4) is 5.88 Å². The molecular formula is C18H26N4O2. The maximum atomic E-state index is 13.0. The van der Waals surface area contributed by atoms with Crippen LogP contribution in [-0.2, 0) is 0 Å². The number of fused-ring (bicyclic) bond motifs is 2. The number of pyridine rings is 1. The van der Waals surface area contributed by atoms with Gasteiger partial charge in [-0.2, -0.15) is 0 Å². The highest BCUT2D eigenvalue weighted by atomic mass is 16.5. The Morgan fingerprint density at radius 1 is 1.12 bits per heavy atom. The van der Waals surface area contributed by atoms with Crippen LogP contribution in [0.5, 0.6) is 5.88 Å². The summed E-state index contributed by atoms with van der Waals surface area (Å²) in [7, 11) is 2.12. The van der Waals surface area contributed by atoms with Crippen LogP contribution in [0.25, 0.3) is 0 Å².